The van der Waals surface area contributed by atoms with Crippen molar-refractivity contribution in [1.82, 2.24) is 9.88 Å². The average molecular weight is 272 g/mol. The lowest BCUT2D eigenvalue weighted by molar-refractivity contribution is 0.0727. The van der Waals surface area contributed by atoms with Crippen molar-refractivity contribution >= 4 is 28.2 Å². The summed E-state index contributed by atoms with van der Waals surface area (Å²) in [5.74, 6) is 0.0988. The van der Waals surface area contributed by atoms with E-state index < -0.39 is 0 Å². The fourth-order valence-electron chi connectivity index (χ4n) is 1.51. The summed E-state index contributed by atoms with van der Waals surface area (Å²) >= 11 is 1.27. The standard InChI is InChI=1S/C11H20N4O2S/c1-4-5-15(6-7-16)10(17)8-9(12)13-11(18-8)14(2)3/h16H,4-7,12H2,1-3H3. The summed E-state index contributed by atoms with van der Waals surface area (Å²) in [6.07, 6.45) is 0.838. The Labute approximate surface area is 111 Å². The predicted molar refractivity (Wildman–Crippen MR) is 74.1 cm³/mol. The first-order valence-electron chi connectivity index (χ1n) is 5.85. The number of carbonyl (C=O) groups is 1. The minimum atomic E-state index is -0.158. The van der Waals surface area contributed by atoms with Crippen molar-refractivity contribution < 1.29 is 9.90 Å². The normalized spacial score (nSPS) is 10.4. The van der Waals surface area contributed by atoms with Gasteiger partial charge in [-0.1, -0.05) is 18.3 Å². The molecule has 6 nitrogen and oxygen atoms in total. The first-order chi connectivity index (χ1) is 8.51. The summed E-state index contributed by atoms with van der Waals surface area (Å²) < 4.78 is 0. The van der Waals surface area contributed by atoms with Crippen LogP contribution >= 0.6 is 11.3 Å². The van der Waals surface area contributed by atoms with Crippen LogP contribution < -0.4 is 10.6 Å². The number of carbonyl (C=O) groups excluding carboxylic acids is 1. The van der Waals surface area contributed by atoms with Crippen molar-refractivity contribution in [2.75, 3.05) is 44.4 Å². The molecule has 0 bridgehead atoms. The van der Waals surface area contributed by atoms with Crippen LogP contribution in [0.25, 0.3) is 0 Å². The van der Waals surface area contributed by atoms with Crippen molar-refractivity contribution in [1.29, 1.82) is 0 Å². The van der Waals surface area contributed by atoms with Gasteiger partial charge < -0.3 is 20.6 Å². The monoisotopic (exact) mass is 272 g/mol. The molecular weight excluding hydrogens is 252 g/mol. The number of rotatable bonds is 6. The third-order valence-electron chi connectivity index (χ3n) is 2.37. The fraction of sp³-hybridized carbons (Fsp3) is 0.636. The topological polar surface area (TPSA) is 82.7 Å². The van der Waals surface area contributed by atoms with Gasteiger partial charge >= 0.3 is 0 Å². The number of hydrogen-bond donors (Lipinski definition) is 2. The highest BCUT2D eigenvalue weighted by Crippen LogP contribution is 2.27. The second kappa shape index (κ2) is 6.55. The Kier molecular flexibility index (Phi) is 5.36. The Balaban J connectivity index is 2.93. The number of aliphatic hydroxyl groups excluding tert-OH is 1. The number of amides is 1. The third kappa shape index (κ3) is 3.33. The molecule has 0 saturated heterocycles. The molecule has 0 fully saturated rings. The van der Waals surface area contributed by atoms with E-state index in [1.54, 1.807) is 4.90 Å². The molecule has 1 heterocycles. The molecule has 18 heavy (non-hydrogen) atoms. The maximum absolute atomic E-state index is 12.3. The van der Waals surface area contributed by atoms with Gasteiger partial charge in [0.25, 0.3) is 5.91 Å². The number of aromatic nitrogens is 1. The van der Waals surface area contributed by atoms with E-state index in [1.165, 1.54) is 11.3 Å². The molecule has 0 aromatic carbocycles. The second-order valence-electron chi connectivity index (χ2n) is 4.12. The number of thiazole rings is 1. The molecule has 0 spiro atoms. The zero-order valence-electron chi connectivity index (χ0n) is 11.0. The van der Waals surface area contributed by atoms with Crippen molar-refractivity contribution in [3.05, 3.63) is 4.88 Å². The van der Waals surface area contributed by atoms with Gasteiger partial charge in [0.2, 0.25) is 0 Å². The fourth-order valence-corrected chi connectivity index (χ4v) is 2.39. The highest BCUT2D eigenvalue weighted by molar-refractivity contribution is 7.18. The molecule has 0 radical (unpaired) electrons. The van der Waals surface area contributed by atoms with Gasteiger partial charge in [-0.25, -0.2) is 4.98 Å². The number of anilines is 2. The second-order valence-corrected chi connectivity index (χ2v) is 5.10. The number of nitrogens with two attached hydrogens (primary N) is 1. The highest BCUT2D eigenvalue weighted by Gasteiger charge is 2.21. The van der Waals surface area contributed by atoms with Gasteiger partial charge in [0, 0.05) is 27.2 Å². The highest BCUT2D eigenvalue weighted by atomic mass is 32.1. The first kappa shape index (κ1) is 14.7. The molecule has 3 N–H and O–H groups in total. The Bertz CT molecular complexity index is 400. The van der Waals surface area contributed by atoms with E-state index in [0.29, 0.717) is 23.1 Å². The van der Waals surface area contributed by atoms with Crippen LogP contribution in [-0.2, 0) is 0 Å². The molecular formula is C11H20N4O2S. The van der Waals surface area contributed by atoms with Gasteiger partial charge in [0.05, 0.1) is 6.61 Å². The first-order valence-corrected chi connectivity index (χ1v) is 6.66. The third-order valence-corrected chi connectivity index (χ3v) is 3.60. The van der Waals surface area contributed by atoms with E-state index in [0.717, 1.165) is 6.42 Å². The molecule has 0 aliphatic heterocycles. The largest absolute Gasteiger partial charge is 0.395 e. The van der Waals surface area contributed by atoms with Gasteiger partial charge in [-0.3, -0.25) is 4.79 Å². The van der Waals surface area contributed by atoms with Gasteiger partial charge in [-0.15, -0.1) is 0 Å². The van der Waals surface area contributed by atoms with E-state index in [2.05, 4.69) is 4.98 Å². The number of nitrogen functional groups attached to an aromatic ring is 1. The van der Waals surface area contributed by atoms with E-state index in [9.17, 15) is 4.79 Å². The van der Waals surface area contributed by atoms with Crippen LogP contribution in [0.4, 0.5) is 10.9 Å². The molecule has 0 unspecified atom stereocenters. The lowest BCUT2D eigenvalue weighted by Gasteiger charge is -2.20. The van der Waals surface area contributed by atoms with Crippen LogP contribution in [0.15, 0.2) is 0 Å². The summed E-state index contributed by atoms with van der Waals surface area (Å²) in [5.41, 5.74) is 5.77. The van der Waals surface area contributed by atoms with E-state index in [-0.39, 0.29) is 18.3 Å². The smallest absolute Gasteiger partial charge is 0.267 e. The Morgan fingerprint density at radius 3 is 2.56 bits per heavy atom. The van der Waals surface area contributed by atoms with Crippen molar-refractivity contribution in [2.24, 2.45) is 0 Å². The molecule has 1 aromatic rings. The van der Waals surface area contributed by atoms with Crippen LogP contribution in [0.3, 0.4) is 0 Å². The Hall–Kier alpha value is -1.34. The van der Waals surface area contributed by atoms with Crippen LogP contribution in [0.1, 0.15) is 23.0 Å². The molecule has 1 aromatic heterocycles. The maximum atomic E-state index is 12.3. The zero-order valence-corrected chi connectivity index (χ0v) is 11.8. The Morgan fingerprint density at radius 1 is 1.44 bits per heavy atom. The molecule has 102 valence electrons. The number of aliphatic hydroxyl groups is 1. The summed E-state index contributed by atoms with van der Waals surface area (Å²) in [4.78, 5) is 20.3. The zero-order chi connectivity index (χ0) is 13.7. The Morgan fingerprint density at radius 2 is 2.11 bits per heavy atom. The van der Waals surface area contributed by atoms with E-state index in [4.69, 9.17) is 10.8 Å². The molecule has 0 aliphatic rings. The van der Waals surface area contributed by atoms with Crippen molar-refractivity contribution in [3.8, 4) is 0 Å². The average Bonchev–Trinajstić information content (AvgIpc) is 2.70. The van der Waals surface area contributed by atoms with Crippen LogP contribution in [-0.4, -0.2) is 54.7 Å². The van der Waals surface area contributed by atoms with E-state index >= 15 is 0 Å². The van der Waals surface area contributed by atoms with Crippen molar-refractivity contribution in [2.45, 2.75) is 13.3 Å². The van der Waals surface area contributed by atoms with Gasteiger partial charge in [0.1, 0.15) is 10.7 Å². The summed E-state index contributed by atoms with van der Waals surface area (Å²) in [6, 6.07) is 0. The minimum Gasteiger partial charge on any atom is -0.395 e. The van der Waals surface area contributed by atoms with Crippen LogP contribution in [0, 0.1) is 0 Å². The summed E-state index contributed by atoms with van der Waals surface area (Å²) in [5, 5.41) is 9.68. The molecule has 0 atom stereocenters. The number of nitrogens with zero attached hydrogens (tertiary/aromatic N) is 3. The van der Waals surface area contributed by atoms with Gasteiger partial charge in [0.15, 0.2) is 5.13 Å². The van der Waals surface area contributed by atoms with Crippen LogP contribution in [0.5, 0.6) is 0 Å². The molecule has 0 aliphatic carbocycles. The molecule has 1 rings (SSSR count). The lowest BCUT2D eigenvalue weighted by Crippen LogP contribution is -2.34. The maximum Gasteiger partial charge on any atom is 0.267 e. The van der Waals surface area contributed by atoms with Crippen molar-refractivity contribution in [3.63, 3.8) is 0 Å². The van der Waals surface area contributed by atoms with E-state index in [1.807, 2.05) is 25.9 Å². The summed E-state index contributed by atoms with van der Waals surface area (Å²) in [7, 11) is 3.70. The molecule has 1 amide bonds. The number of hydrogen-bond acceptors (Lipinski definition) is 6. The SMILES string of the molecule is CCCN(CCO)C(=O)c1sc(N(C)C)nc1N. The molecule has 7 heteroatoms. The van der Waals surface area contributed by atoms with Crippen LogP contribution in [0.2, 0.25) is 0 Å². The minimum absolute atomic E-state index is 0.0506. The predicted octanol–water partition coefficient (Wildman–Crippen LogP) is 0.636. The van der Waals surface area contributed by atoms with Gasteiger partial charge in [-0.05, 0) is 6.42 Å². The quantitative estimate of drug-likeness (QED) is 0.794. The van der Waals surface area contributed by atoms with Gasteiger partial charge in [-0.2, -0.15) is 0 Å². The lowest BCUT2D eigenvalue weighted by atomic mass is 10.3. The summed E-state index contributed by atoms with van der Waals surface area (Å²) in [6.45, 7) is 2.86. The molecule has 0 saturated carbocycles.